The van der Waals surface area contributed by atoms with E-state index in [1.807, 2.05) is 12.3 Å². The lowest BCUT2D eigenvalue weighted by molar-refractivity contribution is -0.133. The third-order valence-corrected chi connectivity index (χ3v) is 5.06. The summed E-state index contributed by atoms with van der Waals surface area (Å²) in [4.78, 5) is 17.4. The van der Waals surface area contributed by atoms with Crippen molar-refractivity contribution in [3.05, 3.63) is 35.0 Å². The highest BCUT2D eigenvalue weighted by molar-refractivity contribution is 6.31. The number of amides is 1. The second kappa shape index (κ2) is 5.06. The molecule has 2 aromatic rings. The highest BCUT2D eigenvalue weighted by Gasteiger charge is 2.35. The zero-order valence-electron chi connectivity index (χ0n) is 11.9. The fourth-order valence-corrected chi connectivity index (χ4v) is 3.72. The maximum atomic E-state index is 12.1. The average Bonchev–Trinajstić information content (AvgIpc) is 3.24. The van der Waals surface area contributed by atoms with Crippen LogP contribution >= 0.6 is 11.6 Å². The summed E-state index contributed by atoms with van der Waals surface area (Å²) in [5.41, 5.74) is 2.44. The van der Waals surface area contributed by atoms with Crippen LogP contribution in [0, 0.1) is 5.92 Å². The number of fused-ring (bicyclic) bond motifs is 1. The smallest absolute Gasteiger partial charge is 0.225 e. The zero-order valence-corrected chi connectivity index (χ0v) is 12.7. The van der Waals surface area contributed by atoms with Gasteiger partial charge in [-0.2, -0.15) is 0 Å². The van der Waals surface area contributed by atoms with Crippen molar-refractivity contribution < 1.29 is 4.79 Å². The first-order valence-electron chi connectivity index (χ1n) is 7.77. The SMILES string of the molecule is O=C(C1CC1)N1CCC(c2cc(Cl)cc3[nH]ccc23)CC1. The van der Waals surface area contributed by atoms with Crippen LogP contribution in [0.3, 0.4) is 0 Å². The van der Waals surface area contributed by atoms with Gasteiger partial charge in [0.05, 0.1) is 0 Å². The zero-order chi connectivity index (χ0) is 14.4. The van der Waals surface area contributed by atoms with Crippen molar-refractivity contribution in [2.45, 2.75) is 31.6 Å². The van der Waals surface area contributed by atoms with E-state index in [1.54, 1.807) is 0 Å². The van der Waals surface area contributed by atoms with Gasteiger partial charge >= 0.3 is 0 Å². The number of nitrogens with zero attached hydrogens (tertiary/aromatic N) is 1. The van der Waals surface area contributed by atoms with Gasteiger partial charge < -0.3 is 9.88 Å². The number of aromatic amines is 1. The third-order valence-electron chi connectivity index (χ3n) is 4.84. The summed E-state index contributed by atoms with van der Waals surface area (Å²) < 4.78 is 0. The number of piperidine rings is 1. The van der Waals surface area contributed by atoms with Gasteiger partial charge in [-0.05, 0) is 55.4 Å². The van der Waals surface area contributed by atoms with E-state index in [1.165, 1.54) is 10.9 Å². The van der Waals surface area contributed by atoms with E-state index in [-0.39, 0.29) is 0 Å². The predicted molar refractivity (Wildman–Crippen MR) is 84.6 cm³/mol. The van der Waals surface area contributed by atoms with Crippen LogP contribution in [0.15, 0.2) is 24.4 Å². The fraction of sp³-hybridized carbons (Fsp3) is 0.471. The van der Waals surface area contributed by atoms with Crippen molar-refractivity contribution in [3.8, 4) is 0 Å². The minimum absolute atomic E-state index is 0.337. The number of H-pyrrole nitrogens is 1. The molecule has 0 radical (unpaired) electrons. The molecule has 1 amide bonds. The van der Waals surface area contributed by atoms with Crippen LogP contribution in [0.25, 0.3) is 10.9 Å². The molecule has 0 bridgehead atoms. The van der Waals surface area contributed by atoms with E-state index in [0.29, 0.717) is 17.7 Å². The number of benzene rings is 1. The summed E-state index contributed by atoms with van der Waals surface area (Å²) >= 11 is 6.24. The molecule has 0 spiro atoms. The van der Waals surface area contributed by atoms with Crippen molar-refractivity contribution in [2.24, 2.45) is 5.92 Å². The molecule has 1 aromatic carbocycles. The standard InChI is InChI=1S/C17H19ClN2O/c18-13-9-15(14-3-6-19-16(14)10-13)11-4-7-20(8-5-11)17(21)12-1-2-12/h3,6,9-12,19H,1-2,4-5,7-8H2. The summed E-state index contributed by atoms with van der Waals surface area (Å²) in [5.74, 6) is 1.22. The lowest BCUT2D eigenvalue weighted by atomic mass is 9.87. The number of likely N-dealkylation sites (tertiary alicyclic amines) is 1. The number of rotatable bonds is 2. The molecule has 2 heterocycles. The summed E-state index contributed by atoms with van der Waals surface area (Å²) in [7, 11) is 0. The highest BCUT2D eigenvalue weighted by Crippen LogP contribution is 2.37. The van der Waals surface area contributed by atoms with E-state index in [0.717, 1.165) is 49.3 Å². The number of carbonyl (C=O) groups excluding carboxylic acids is 1. The first-order valence-corrected chi connectivity index (χ1v) is 8.15. The highest BCUT2D eigenvalue weighted by atomic mass is 35.5. The molecule has 1 saturated carbocycles. The molecule has 1 aliphatic carbocycles. The molecule has 1 saturated heterocycles. The van der Waals surface area contributed by atoms with Gasteiger partial charge in [-0.1, -0.05) is 11.6 Å². The Kier molecular flexibility index (Phi) is 3.18. The molecule has 21 heavy (non-hydrogen) atoms. The summed E-state index contributed by atoms with van der Waals surface area (Å²) in [5, 5.41) is 2.06. The van der Waals surface area contributed by atoms with Crippen molar-refractivity contribution in [1.29, 1.82) is 0 Å². The van der Waals surface area contributed by atoms with Gasteiger partial charge in [-0.25, -0.2) is 0 Å². The Labute approximate surface area is 129 Å². The van der Waals surface area contributed by atoms with Crippen LogP contribution in [0.4, 0.5) is 0 Å². The van der Waals surface area contributed by atoms with E-state index in [2.05, 4.69) is 22.0 Å². The van der Waals surface area contributed by atoms with Crippen LogP contribution in [0.5, 0.6) is 0 Å². The molecule has 2 aliphatic rings. The van der Waals surface area contributed by atoms with Gasteiger partial charge in [-0.15, -0.1) is 0 Å². The number of halogens is 1. The minimum atomic E-state index is 0.337. The second-order valence-electron chi connectivity index (χ2n) is 6.31. The number of carbonyl (C=O) groups is 1. The topological polar surface area (TPSA) is 36.1 Å². The Morgan fingerprint density at radius 1 is 1.19 bits per heavy atom. The molecule has 3 nitrogen and oxygen atoms in total. The van der Waals surface area contributed by atoms with Gasteiger partial charge in [0.2, 0.25) is 5.91 Å². The monoisotopic (exact) mass is 302 g/mol. The Bertz CT molecular complexity index is 681. The van der Waals surface area contributed by atoms with Crippen LogP contribution in [-0.4, -0.2) is 28.9 Å². The molecular formula is C17H19ClN2O. The van der Waals surface area contributed by atoms with Crippen LogP contribution < -0.4 is 0 Å². The normalized spacial score (nSPS) is 20.1. The van der Waals surface area contributed by atoms with Crippen LogP contribution in [0.1, 0.15) is 37.2 Å². The van der Waals surface area contributed by atoms with E-state index < -0.39 is 0 Å². The van der Waals surface area contributed by atoms with Crippen molar-refractivity contribution >= 4 is 28.4 Å². The van der Waals surface area contributed by atoms with E-state index in [9.17, 15) is 4.79 Å². The largest absolute Gasteiger partial charge is 0.361 e. The van der Waals surface area contributed by atoms with E-state index in [4.69, 9.17) is 11.6 Å². The maximum absolute atomic E-state index is 12.1. The lowest BCUT2D eigenvalue weighted by Gasteiger charge is -2.32. The Morgan fingerprint density at radius 2 is 1.95 bits per heavy atom. The van der Waals surface area contributed by atoms with E-state index >= 15 is 0 Å². The first-order chi connectivity index (χ1) is 10.2. The van der Waals surface area contributed by atoms with Gasteiger partial charge in [0, 0.05) is 41.1 Å². The molecule has 0 unspecified atom stereocenters. The molecule has 110 valence electrons. The Hall–Kier alpha value is -1.48. The van der Waals surface area contributed by atoms with Gasteiger partial charge in [0.15, 0.2) is 0 Å². The summed E-state index contributed by atoms with van der Waals surface area (Å²) in [6, 6.07) is 6.20. The molecule has 4 heteroatoms. The minimum Gasteiger partial charge on any atom is -0.361 e. The summed E-state index contributed by atoms with van der Waals surface area (Å²) in [6.07, 6.45) is 6.24. The number of aromatic nitrogens is 1. The third kappa shape index (κ3) is 2.44. The molecule has 4 rings (SSSR count). The average molecular weight is 303 g/mol. The number of hydrogen-bond acceptors (Lipinski definition) is 1. The molecule has 1 aliphatic heterocycles. The number of nitrogens with one attached hydrogen (secondary N) is 1. The molecular weight excluding hydrogens is 284 g/mol. The fourth-order valence-electron chi connectivity index (χ4n) is 3.50. The molecule has 1 N–H and O–H groups in total. The molecule has 1 aromatic heterocycles. The maximum Gasteiger partial charge on any atom is 0.225 e. The van der Waals surface area contributed by atoms with Crippen molar-refractivity contribution in [2.75, 3.05) is 13.1 Å². The number of hydrogen-bond donors (Lipinski definition) is 1. The first kappa shape index (κ1) is 13.2. The van der Waals surface area contributed by atoms with Crippen LogP contribution in [0.2, 0.25) is 5.02 Å². The van der Waals surface area contributed by atoms with Crippen LogP contribution in [-0.2, 0) is 4.79 Å². The van der Waals surface area contributed by atoms with Gasteiger partial charge in [-0.3, -0.25) is 4.79 Å². The molecule has 0 atom stereocenters. The second-order valence-corrected chi connectivity index (χ2v) is 6.74. The Morgan fingerprint density at radius 3 is 2.67 bits per heavy atom. The molecule has 2 fully saturated rings. The van der Waals surface area contributed by atoms with Gasteiger partial charge in [0.1, 0.15) is 0 Å². The van der Waals surface area contributed by atoms with Gasteiger partial charge in [0.25, 0.3) is 0 Å². The van der Waals surface area contributed by atoms with Crippen molar-refractivity contribution in [3.63, 3.8) is 0 Å². The quantitative estimate of drug-likeness (QED) is 0.896. The predicted octanol–water partition coefficient (Wildman–Crippen LogP) is 3.94. The van der Waals surface area contributed by atoms with Crippen molar-refractivity contribution in [1.82, 2.24) is 9.88 Å². The lowest BCUT2D eigenvalue weighted by Crippen LogP contribution is -2.38. The summed E-state index contributed by atoms with van der Waals surface area (Å²) in [6.45, 7) is 1.77. The Balaban J connectivity index is 1.54.